The monoisotopic (exact) mass is 374 g/mol. The molecule has 142 valence electrons. The van der Waals surface area contributed by atoms with Crippen LogP contribution in [0.5, 0.6) is 0 Å². The van der Waals surface area contributed by atoms with Gasteiger partial charge in [0.25, 0.3) is 0 Å². The highest BCUT2D eigenvalue weighted by atomic mass is 16.2. The maximum Gasteiger partial charge on any atom is 0.246 e. The standard InChI is InChI=1S/C22H22N4O2/c1-14(18-13-23-19-6-4-3-5-17(18)19)26(2)21(28)10-7-15-11-16-8-9-20(27)25-22(16)24-12-15/h3-7,10-14,23H,8-9H2,1-2H3,(H,24,25,27)/b10-7+. The molecular weight excluding hydrogens is 352 g/mol. The second-order valence-electron chi connectivity index (χ2n) is 7.07. The number of aromatic amines is 1. The van der Waals surface area contributed by atoms with Gasteiger partial charge in [-0.2, -0.15) is 0 Å². The minimum Gasteiger partial charge on any atom is -0.361 e. The van der Waals surface area contributed by atoms with Gasteiger partial charge in [-0.3, -0.25) is 9.59 Å². The van der Waals surface area contributed by atoms with Gasteiger partial charge in [0.05, 0.1) is 6.04 Å². The summed E-state index contributed by atoms with van der Waals surface area (Å²) in [6.07, 6.45) is 8.09. The second-order valence-corrected chi connectivity index (χ2v) is 7.07. The van der Waals surface area contributed by atoms with Gasteiger partial charge in [0, 0.05) is 42.8 Å². The number of pyridine rings is 1. The topological polar surface area (TPSA) is 78.1 Å². The van der Waals surface area contributed by atoms with Crippen LogP contribution in [-0.2, 0) is 16.0 Å². The molecule has 1 unspecified atom stereocenters. The number of fused-ring (bicyclic) bond motifs is 2. The normalized spacial score (nSPS) is 14.7. The fourth-order valence-electron chi connectivity index (χ4n) is 3.49. The van der Waals surface area contributed by atoms with Crippen molar-refractivity contribution in [1.82, 2.24) is 14.9 Å². The highest BCUT2D eigenvalue weighted by molar-refractivity contribution is 5.94. The van der Waals surface area contributed by atoms with Crippen molar-refractivity contribution in [3.63, 3.8) is 0 Å². The van der Waals surface area contributed by atoms with E-state index in [1.807, 2.05) is 37.4 Å². The van der Waals surface area contributed by atoms with Crippen molar-refractivity contribution < 1.29 is 9.59 Å². The van der Waals surface area contributed by atoms with Gasteiger partial charge in [-0.05, 0) is 48.2 Å². The Morgan fingerprint density at radius 2 is 2.11 bits per heavy atom. The third-order valence-electron chi connectivity index (χ3n) is 5.29. The van der Waals surface area contributed by atoms with Gasteiger partial charge in [0.15, 0.2) is 0 Å². The van der Waals surface area contributed by atoms with Crippen molar-refractivity contribution in [2.45, 2.75) is 25.8 Å². The van der Waals surface area contributed by atoms with Crippen molar-refractivity contribution in [1.29, 1.82) is 0 Å². The summed E-state index contributed by atoms with van der Waals surface area (Å²) in [5, 5.41) is 3.89. The number of nitrogens with zero attached hydrogens (tertiary/aromatic N) is 2. The van der Waals surface area contributed by atoms with Crippen LogP contribution in [0.1, 0.15) is 36.1 Å². The van der Waals surface area contributed by atoms with Crippen molar-refractivity contribution in [3.05, 3.63) is 65.5 Å². The quantitative estimate of drug-likeness (QED) is 0.684. The zero-order valence-electron chi connectivity index (χ0n) is 15.9. The third kappa shape index (κ3) is 3.41. The molecule has 4 rings (SSSR count). The molecule has 0 bridgehead atoms. The highest BCUT2D eigenvalue weighted by Gasteiger charge is 2.19. The molecule has 0 aliphatic carbocycles. The number of nitrogens with one attached hydrogen (secondary N) is 2. The van der Waals surface area contributed by atoms with Crippen LogP contribution in [0.25, 0.3) is 17.0 Å². The fourth-order valence-corrected chi connectivity index (χ4v) is 3.49. The average Bonchev–Trinajstić information content (AvgIpc) is 3.15. The zero-order chi connectivity index (χ0) is 19.7. The molecule has 0 spiro atoms. The predicted molar refractivity (Wildman–Crippen MR) is 110 cm³/mol. The number of H-pyrrole nitrogens is 1. The predicted octanol–water partition coefficient (Wildman–Crippen LogP) is 3.68. The van der Waals surface area contributed by atoms with E-state index in [4.69, 9.17) is 0 Å². The van der Waals surface area contributed by atoms with Gasteiger partial charge in [0.2, 0.25) is 11.8 Å². The number of carbonyl (C=O) groups is 2. The second kappa shape index (κ2) is 7.31. The van der Waals surface area contributed by atoms with E-state index in [2.05, 4.69) is 21.4 Å². The van der Waals surface area contributed by atoms with E-state index >= 15 is 0 Å². The summed E-state index contributed by atoms with van der Waals surface area (Å²) < 4.78 is 0. The summed E-state index contributed by atoms with van der Waals surface area (Å²) in [6.45, 7) is 2.02. The third-order valence-corrected chi connectivity index (χ3v) is 5.29. The van der Waals surface area contributed by atoms with Crippen LogP contribution in [0.15, 0.2) is 48.8 Å². The first-order valence-electron chi connectivity index (χ1n) is 9.32. The van der Waals surface area contributed by atoms with Crippen LogP contribution in [0.4, 0.5) is 5.82 Å². The summed E-state index contributed by atoms with van der Waals surface area (Å²) in [7, 11) is 1.81. The molecule has 3 aromatic rings. The van der Waals surface area contributed by atoms with E-state index in [0.717, 1.165) is 27.6 Å². The lowest BCUT2D eigenvalue weighted by molar-refractivity contribution is -0.126. The minimum absolute atomic E-state index is 0.00800. The van der Waals surface area contributed by atoms with Crippen LogP contribution in [-0.4, -0.2) is 33.7 Å². The number of aryl methyl sites for hydroxylation is 1. The van der Waals surface area contributed by atoms with Gasteiger partial charge in [-0.1, -0.05) is 18.2 Å². The molecule has 1 atom stereocenters. The lowest BCUT2D eigenvalue weighted by atomic mass is 10.0. The van der Waals surface area contributed by atoms with Crippen LogP contribution in [0, 0.1) is 0 Å². The molecule has 2 amide bonds. The Bertz CT molecular complexity index is 1080. The minimum atomic E-state index is -0.0798. The first kappa shape index (κ1) is 18.0. The maximum atomic E-state index is 12.7. The number of likely N-dealkylation sites (N-methyl/N-ethyl adjacent to an activating group) is 1. The Balaban J connectivity index is 1.49. The van der Waals surface area contributed by atoms with E-state index in [9.17, 15) is 9.59 Å². The van der Waals surface area contributed by atoms with Crippen LogP contribution in [0.3, 0.4) is 0 Å². The summed E-state index contributed by atoms with van der Waals surface area (Å²) >= 11 is 0. The first-order chi connectivity index (χ1) is 13.5. The summed E-state index contributed by atoms with van der Waals surface area (Å²) in [6, 6.07) is 9.98. The highest BCUT2D eigenvalue weighted by Crippen LogP contribution is 2.27. The lowest BCUT2D eigenvalue weighted by Crippen LogP contribution is -2.27. The van der Waals surface area contributed by atoms with E-state index in [1.54, 1.807) is 30.3 Å². The molecule has 1 aliphatic rings. The van der Waals surface area contributed by atoms with Crippen LogP contribution >= 0.6 is 0 Å². The lowest BCUT2D eigenvalue weighted by Gasteiger charge is -2.23. The fraction of sp³-hybridized carbons (Fsp3) is 0.227. The smallest absolute Gasteiger partial charge is 0.246 e. The molecule has 2 aromatic heterocycles. The van der Waals surface area contributed by atoms with Crippen molar-refractivity contribution >= 4 is 34.6 Å². The van der Waals surface area contributed by atoms with Gasteiger partial charge >= 0.3 is 0 Å². The van der Waals surface area contributed by atoms with Gasteiger partial charge in [-0.25, -0.2) is 4.98 Å². The number of rotatable bonds is 4. The molecule has 3 heterocycles. The van der Waals surface area contributed by atoms with E-state index in [1.165, 1.54) is 0 Å². The molecule has 0 saturated heterocycles. The Labute approximate surface area is 163 Å². The van der Waals surface area contributed by atoms with Gasteiger partial charge < -0.3 is 15.2 Å². The zero-order valence-corrected chi connectivity index (χ0v) is 15.9. The Hall–Kier alpha value is -3.41. The SMILES string of the molecule is CC(c1c[nH]c2ccccc12)N(C)C(=O)/C=C/c1cnc2c(c1)CCC(=O)N2. The summed E-state index contributed by atoms with van der Waals surface area (Å²) in [4.78, 5) is 33.4. The van der Waals surface area contributed by atoms with Crippen molar-refractivity contribution in [2.75, 3.05) is 12.4 Å². The van der Waals surface area contributed by atoms with Crippen LogP contribution < -0.4 is 5.32 Å². The maximum absolute atomic E-state index is 12.7. The molecule has 6 heteroatoms. The van der Waals surface area contributed by atoms with E-state index < -0.39 is 0 Å². The number of hydrogen-bond donors (Lipinski definition) is 2. The number of benzene rings is 1. The van der Waals surface area contributed by atoms with Crippen molar-refractivity contribution in [3.8, 4) is 0 Å². The number of amides is 2. The molecule has 28 heavy (non-hydrogen) atoms. The largest absolute Gasteiger partial charge is 0.361 e. The van der Waals surface area contributed by atoms with Gasteiger partial charge in [-0.15, -0.1) is 0 Å². The number of anilines is 1. The van der Waals surface area contributed by atoms with Gasteiger partial charge in [0.1, 0.15) is 5.82 Å². The number of aromatic nitrogens is 2. The Morgan fingerprint density at radius 1 is 1.29 bits per heavy atom. The molecule has 1 aromatic carbocycles. The summed E-state index contributed by atoms with van der Waals surface area (Å²) in [5.74, 6) is 0.528. The summed E-state index contributed by atoms with van der Waals surface area (Å²) in [5.41, 5.74) is 3.99. The molecule has 0 radical (unpaired) electrons. The Kier molecular flexibility index (Phi) is 4.69. The molecular formula is C22H22N4O2. The van der Waals surface area contributed by atoms with Crippen molar-refractivity contribution in [2.24, 2.45) is 0 Å². The first-order valence-corrected chi connectivity index (χ1v) is 9.32. The number of carbonyl (C=O) groups excluding carboxylic acids is 2. The number of para-hydroxylation sites is 1. The molecule has 1 aliphatic heterocycles. The van der Waals surface area contributed by atoms with E-state index in [-0.39, 0.29) is 17.9 Å². The molecule has 2 N–H and O–H groups in total. The molecule has 0 fully saturated rings. The van der Waals surface area contributed by atoms with E-state index in [0.29, 0.717) is 18.7 Å². The Morgan fingerprint density at radius 3 is 2.96 bits per heavy atom. The molecule has 0 saturated carbocycles. The average molecular weight is 374 g/mol. The van der Waals surface area contributed by atoms with Crippen LogP contribution in [0.2, 0.25) is 0 Å². The molecule has 6 nitrogen and oxygen atoms in total. The number of hydrogen-bond acceptors (Lipinski definition) is 3.